The van der Waals surface area contributed by atoms with Crippen LogP contribution in [0.5, 0.6) is 0 Å². The summed E-state index contributed by atoms with van der Waals surface area (Å²) in [6, 6.07) is 5.63. The molecular formula is C14H18N2O3. The van der Waals surface area contributed by atoms with Crippen molar-refractivity contribution in [3.63, 3.8) is 0 Å². The lowest BCUT2D eigenvalue weighted by atomic mass is 10.2. The van der Waals surface area contributed by atoms with Crippen LogP contribution in [0.15, 0.2) is 22.6 Å². The Morgan fingerprint density at radius 3 is 2.84 bits per heavy atom. The van der Waals surface area contributed by atoms with Gasteiger partial charge in [0.05, 0.1) is 0 Å². The van der Waals surface area contributed by atoms with Crippen LogP contribution in [0, 0.1) is 6.92 Å². The first-order chi connectivity index (χ1) is 8.83. The molecule has 0 fully saturated rings. The van der Waals surface area contributed by atoms with Crippen LogP contribution in [0.3, 0.4) is 0 Å². The molecule has 0 saturated carbocycles. The molecule has 0 aliphatic heterocycles. The fourth-order valence-electron chi connectivity index (χ4n) is 1.69. The summed E-state index contributed by atoms with van der Waals surface area (Å²) in [5.74, 6) is 0.632. The van der Waals surface area contributed by atoms with Crippen molar-refractivity contribution < 1.29 is 13.9 Å². The number of nitrogens with one attached hydrogen (secondary N) is 1. The number of oxazole rings is 1. The fourth-order valence-corrected chi connectivity index (χ4v) is 1.69. The SMILES string of the molecule is Cc1nc2cc(CNC(=O)OC(C)(C)C)ccc2o1. The van der Waals surface area contributed by atoms with Gasteiger partial charge in [0.1, 0.15) is 11.1 Å². The molecule has 2 rings (SSSR count). The molecule has 1 N–H and O–H groups in total. The number of hydrogen-bond acceptors (Lipinski definition) is 4. The summed E-state index contributed by atoms with van der Waals surface area (Å²) in [7, 11) is 0. The van der Waals surface area contributed by atoms with E-state index in [1.54, 1.807) is 6.92 Å². The van der Waals surface area contributed by atoms with Crippen molar-refractivity contribution in [3.8, 4) is 0 Å². The van der Waals surface area contributed by atoms with Gasteiger partial charge < -0.3 is 14.5 Å². The van der Waals surface area contributed by atoms with Gasteiger partial charge in [0.25, 0.3) is 0 Å². The fraction of sp³-hybridized carbons (Fsp3) is 0.429. The maximum Gasteiger partial charge on any atom is 0.407 e. The number of benzene rings is 1. The third-order valence-corrected chi connectivity index (χ3v) is 2.39. The van der Waals surface area contributed by atoms with Gasteiger partial charge in [-0.2, -0.15) is 0 Å². The number of hydrogen-bond donors (Lipinski definition) is 1. The largest absolute Gasteiger partial charge is 0.444 e. The Hall–Kier alpha value is -2.04. The summed E-state index contributed by atoms with van der Waals surface area (Å²) in [5, 5.41) is 2.71. The molecule has 19 heavy (non-hydrogen) atoms. The van der Waals surface area contributed by atoms with Crippen molar-refractivity contribution in [2.45, 2.75) is 39.8 Å². The van der Waals surface area contributed by atoms with Crippen LogP contribution in [-0.2, 0) is 11.3 Å². The first-order valence-corrected chi connectivity index (χ1v) is 6.16. The van der Waals surface area contributed by atoms with Gasteiger partial charge in [-0.15, -0.1) is 0 Å². The lowest BCUT2D eigenvalue weighted by molar-refractivity contribution is 0.0523. The van der Waals surface area contributed by atoms with Gasteiger partial charge in [0, 0.05) is 13.5 Å². The second-order valence-corrected chi connectivity index (χ2v) is 5.39. The van der Waals surface area contributed by atoms with Crippen LogP contribution in [0.1, 0.15) is 32.2 Å². The highest BCUT2D eigenvalue weighted by molar-refractivity contribution is 5.73. The van der Waals surface area contributed by atoms with Crippen molar-refractivity contribution >= 4 is 17.2 Å². The molecule has 5 heteroatoms. The van der Waals surface area contributed by atoms with E-state index in [0.717, 1.165) is 16.7 Å². The number of rotatable bonds is 2. The van der Waals surface area contributed by atoms with Crippen molar-refractivity contribution in [2.75, 3.05) is 0 Å². The topological polar surface area (TPSA) is 64.4 Å². The number of amides is 1. The zero-order valence-electron chi connectivity index (χ0n) is 11.6. The molecule has 5 nitrogen and oxygen atoms in total. The van der Waals surface area contributed by atoms with Crippen LogP contribution in [0.2, 0.25) is 0 Å². The zero-order valence-corrected chi connectivity index (χ0v) is 11.6. The number of carbonyl (C=O) groups excluding carboxylic acids is 1. The van der Waals surface area contributed by atoms with Crippen LogP contribution in [-0.4, -0.2) is 16.7 Å². The van der Waals surface area contributed by atoms with E-state index in [-0.39, 0.29) is 0 Å². The van der Waals surface area contributed by atoms with Crippen LogP contribution in [0.4, 0.5) is 4.79 Å². The van der Waals surface area contributed by atoms with Gasteiger partial charge >= 0.3 is 6.09 Å². The summed E-state index contributed by atoms with van der Waals surface area (Å²) in [6.45, 7) is 7.69. The highest BCUT2D eigenvalue weighted by Gasteiger charge is 2.15. The van der Waals surface area contributed by atoms with Gasteiger partial charge in [0.2, 0.25) is 0 Å². The Morgan fingerprint density at radius 1 is 1.42 bits per heavy atom. The number of alkyl carbamates (subject to hydrolysis) is 1. The molecule has 1 aromatic carbocycles. The number of nitrogens with zero attached hydrogens (tertiary/aromatic N) is 1. The van der Waals surface area contributed by atoms with Gasteiger partial charge in [-0.1, -0.05) is 6.07 Å². The highest BCUT2D eigenvalue weighted by Crippen LogP contribution is 2.16. The summed E-state index contributed by atoms with van der Waals surface area (Å²) in [5.41, 5.74) is 2.00. The summed E-state index contributed by atoms with van der Waals surface area (Å²) < 4.78 is 10.6. The van der Waals surface area contributed by atoms with Crippen molar-refractivity contribution in [2.24, 2.45) is 0 Å². The molecule has 0 saturated heterocycles. The molecule has 0 unspecified atom stereocenters. The molecule has 1 heterocycles. The molecule has 0 atom stereocenters. The van der Waals surface area contributed by atoms with Crippen molar-refractivity contribution in [3.05, 3.63) is 29.7 Å². The third-order valence-electron chi connectivity index (χ3n) is 2.39. The van der Waals surface area contributed by atoms with Crippen molar-refractivity contribution in [1.82, 2.24) is 10.3 Å². The Labute approximate surface area is 112 Å². The zero-order chi connectivity index (χ0) is 14.0. The predicted octanol–water partition coefficient (Wildman–Crippen LogP) is 3.16. The maximum atomic E-state index is 11.5. The number of ether oxygens (including phenoxy) is 1. The van der Waals surface area contributed by atoms with E-state index in [1.807, 2.05) is 39.0 Å². The van der Waals surface area contributed by atoms with E-state index in [9.17, 15) is 4.79 Å². The Morgan fingerprint density at radius 2 is 2.16 bits per heavy atom. The minimum Gasteiger partial charge on any atom is -0.444 e. The third kappa shape index (κ3) is 3.71. The predicted molar refractivity (Wildman–Crippen MR) is 71.8 cm³/mol. The average Bonchev–Trinajstić information content (AvgIpc) is 2.63. The van der Waals surface area contributed by atoms with E-state index in [1.165, 1.54) is 0 Å². The second-order valence-electron chi connectivity index (χ2n) is 5.39. The van der Waals surface area contributed by atoms with E-state index < -0.39 is 11.7 Å². The molecular weight excluding hydrogens is 244 g/mol. The first kappa shape index (κ1) is 13.4. The molecule has 0 spiro atoms. The number of fused-ring (bicyclic) bond motifs is 1. The molecule has 1 amide bonds. The number of aryl methyl sites for hydroxylation is 1. The molecule has 1 aromatic heterocycles. The summed E-state index contributed by atoms with van der Waals surface area (Å²) >= 11 is 0. The molecule has 2 aromatic rings. The Bertz CT molecular complexity index is 596. The van der Waals surface area contributed by atoms with E-state index in [4.69, 9.17) is 9.15 Å². The molecule has 0 bridgehead atoms. The van der Waals surface area contributed by atoms with Gasteiger partial charge in [0.15, 0.2) is 11.5 Å². The smallest absolute Gasteiger partial charge is 0.407 e. The average molecular weight is 262 g/mol. The number of aromatic nitrogens is 1. The molecule has 102 valence electrons. The van der Waals surface area contributed by atoms with Gasteiger partial charge in [-0.25, -0.2) is 9.78 Å². The van der Waals surface area contributed by atoms with E-state index in [0.29, 0.717) is 12.4 Å². The minimum absolute atomic E-state index is 0.400. The summed E-state index contributed by atoms with van der Waals surface area (Å²) in [4.78, 5) is 15.8. The summed E-state index contributed by atoms with van der Waals surface area (Å²) in [6.07, 6.45) is -0.427. The van der Waals surface area contributed by atoms with Crippen LogP contribution in [0.25, 0.3) is 11.1 Å². The maximum absolute atomic E-state index is 11.5. The molecule has 0 aliphatic carbocycles. The van der Waals surface area contributed by atoms with Crippen LogP contribution >= 0.6 is 0 Å². The standard InChI is InChI=1S/C14H18N2O3/c1-9-16-11-7-10(5-6-12(11)18-9)8-15-13(17)19-14(2,3)4/h5-7H,8H2,1-4H3,(H,15,17). The minimum atomic E-state index is -0.489. The van der Waals surface area contributed by atoms with Crippen LogP contribution < -0.4 is 5.32 Å². The first-order valence-electron chi connectivity index (χ1n) is 6.16. The van der Waals surface area contributed by atoms with Gasteiger partial charge in [-0.3, -0.25) is 0 Å². The quantitative estimate of drug-likeness (QED) is 0.902. The van der Waals surface area contributed by atoms with E-state index in [2.05, 4.69) is 10.3 Å². The molecule has 0 radical (unpaired) electrons. The number of carbonyl (C=O) groups is 1. The van der Waals surface area contributed by atoms with Gasteiger partial charge in [-0.05, 0) is 38.5 Å². The highest BCUT2D eigenvalue weighted by atomic mass is 16.6. The Balaban J connectivity index is 1.99. The Kier molecular flexibility index (Phi) is 3.46. The monoisotopic (exact) mass is 262 g/mol. The lowest BCUT2D eigenvalue weighted by Gasteiger charge is -2.19. The second kappa shape index (κ2) is 4.91. The van der Waals surface area contributed by atoms with Crippen molar-refractivity contribution in [1.29, 1.82) is 0 Å². The normalized spacial score (nSPS) is 11.6. The lowest BCUT2D eigenvalue weighted by Crippen LogP contribution is -2.32. The van der Waals surface area contributed by atoms with E-state index >= 15 is 0 Å². The molecule has 0 aliphatic rings.